The minimum atomic E-state index is -1.92. The van der Waals surface area contributed by atoms with Gasteiger partial charge in [-0.15, -0.1) is 0 Å². The van der Waals surface area contributed by atoms with E-state index in [-0.39, 0.29) is 24.0 Å². The fraction of sp³-hybridized carbons (Fsp3) is 0.588. The summed E-state index contributed by atoms with van der Waals surface area (Å²) in [6.07, 6.45) is -1.56. The van der Waals surface area contributed by atoms with Gasteiger partial charge in [-0.2, -0.15) is 0 Å². The molecule has 1 aromatic rings. The molecule has 0 spiro atoms. The van der Waals surface area contributed by atoms with E-state index in [0.717, 1.165) is 5.56 Å². The van der Waals surface area contributed by atoms with Crippen molar-refractivity contribution in [3.8, 4) is 0 Å². The average molecular weight is 409 g/mol. The standard InChI is InChI=1S/C17H20Cl3NO4/c1-9-10(2)14(25-16(21)17(18,19)20)23-12-8-22-15(24-13(9)12)11-6-4-3-5-7-11/h3-7,9-10,12-15,21H,8H2,1-2H3. The molecule has 2 fully saturated rings. The van der Waals surface area contributed by atoms with Gasteiger partial charge in [-0.3, -0.25) is 5.41 Å². The molecule has 2 heterocycles. The van der Waals surface area contributed by atoms with Crippen molar-refractivity contribution >= 4 is 40.7 Å². The predicted molar refractivity (Wildman–Crippen MR) is 96.1 cm³/mol. The molecule has 5 nitrogen and oxygen atoms in total. The van der Waals surface area contributed by atoms with E-state index in [1.165, 1.54) is 0 Å². The van der Waals surface area contributed by atoms with Gasteiger partial charge in [-0.25, -0.2) is 0 Å². The van der Waals surface area contributed by atoms with Gasteiger partial charge in [0.2, 0.25) is 12.2 Å². The molecule has 0 bridgehead atoms. The molecule has 1 aromatic carbocycles. The molecular weight excluding hydrogens is 389 g/mol. The number of benzene rings is 1. The minimum Gasteiger partial charge on any atom is -0.448 e. The molecule has 0 radical (unpaired) electrons. The average Bonchev–Trinajstić information content (AvgIpc) is 2.59. The third kappa shape index (κ3) is 4.24. The van der Waals surface area contributed by atoms with Crippen LogP contribution in [0.5, 0.6) is 0 Å². The van der Waals surface area contributed by atoms with Gasteiger partial charge < -0.3 is 18.9 Å². The summed E-state index contributed by atoms with van der Waals surface area (Å²) in [5, 5.41) is 7.75. The number of hydrogen-bond acceptors (Lipinski definition) is 5. The second kappa shape index (κ2) is 7.59. The molecule has 138 valence electrons. The lowest BCUT2D eigenvalue weighted by molar-refractivity contribution is -0.333. The van der Waals surface area contributed by atoms with Gasteiger partial charge in [-0.1, -0.05) is 79.0 Å². The van der Waals surface area contributed by atoms with Crippen LogP contribution in [0.2, 0.25) is 0 Å². The second-order valence-electron chi connectivity index (χ2n) is 6.38. The largest absolute Gasteiger partial charge is 0.448 e. The molecule has 25 heavy (non-hydrogen) atoms. The monoisotopic (exact) mass is 407 g/mol. The maximum atomic E-state index is 7.75. The van der Waals surface area contributed by atoms with Crippen molar-refractivity contribution in [1.29, 1.82) is 5.41 Å². The quantitative estimate of drug-likeness (QED) is 0.446. The van der Waals surface area contributed by atoms with Gasteiger partial charge in [0.1, 0.15) is 6.10 Å². The molecule has 1 N–H and O–H groups in total. The molecule has 0 amide bonds. The highest BCUT2D eigenvalue weighted by Gasteiger charge is 2.48. The third-order valence-electron chi connectivity index (χ3n) is 4.71. The Morgan fingerprint density at radius 2 is 1.80 bits per heavy atom. The van der Waals surface area contributed by atoms with Gasteiger partial charge >= 0.3 is 0 Å². The second-order valence-corrected chi connectivity index (χ2v) is 8.66. The predicted octanol–water partition coefficient (Wildman–Crippen LogP) is 4.46. The zero-order valence-electron chi connectivity index (χ0n) is 13.8. The Morgan fingerprint density at radius 1 is 1.12 bits per heavy atom. The first-order chi connectivity index (χ1) is 11.8. The summed E-state index contributed by atoms with van der Waals surface area (Å²) < 4.78 is 21.4. The van der Waals surface area contributed by atoms with Crippen molar-refractivity contribution in [3.63, 3.8) is 0 Å². The van der Waals surface area contributed by atoms with Crippen LogP contribution in [0.1, 0.15) is 25.7 Å². The number of ether oxygens (including phenoxy) is 4. The Labute approximate surface area is 161 Å². The van der Waals surface area contributed by atoms with Crippen LogP contribution in [-0.2, 0) is 18.9 Å². The molecule has 8 heteroatoms. The minimum absolute atomic E-state index is 0.0523. The van der Waals surface area contributed by atoms with Crippen LogP contribution in [0.25, 0.3) is 0 Å². The lowest BCUT2D eigenvalue weighted by Gasteiger charge is -2.47. The normalized spacial score (nSPS) is 35.7. The SMILES string of the molecule is CC1C(OC(=N)C(Cl)(Cl)Cl)OC2COC(c3ccccc3)OC2C1C. The highest BCUT2D eigenvalue weighted by Crippen LogP contribution is 2.40. The van der Waals surface area contributed by atoms with Crippen LogP contribution in [0.3, 0.4) is 0 Å². The first-order valence-corrected chi connectivity index (χ1v) is 9.20. The number of nitrogens with one attached hydrogen (secondary N) is 1. The summed E-state index contributed by atoms with van der Waals surface area (Å²) in [4.78, 5) is 0. The highest BCUT2D eigenvalue weighted by atomic mass is 35.6. The first-order valence-electron chi connectivity index (χ1n) is 8.07. The van der Waals surface area contributed by atoms with Gasteiger partial charge in [0.15, 0.2) is 6.29 Å². The molecule has 6 atom stereocenters. The molecule has 2 saturated heterocycles. The molecule has 2 aliphatic rings. The van der Waals surface area contributed by atoms with Crippen molar-refractivity contribution < 1.29 is 18.9 Å². The van der Waals surface area contributed by atoms with Gasteiger partial charge in [0.25, 0.3) is 3.79 Å². The van der Waals surface area contributed by atoms with Crippen molar-refractivity contribution in [2.75, 3.05) is 6.61 Å². The Morgan fingerprint density at radius 3 is 2.44 bits per heavy atom. The summed E-state index contributed by atoms with van der Waals surface area (Å²) in [5.41, 5.74) is 0.970. The topological polar surface area (TPSA) is 60.8 Å². The summed E-state index contributed by atoms with van der Waals surface area (Å²) in [7, 11) is 0. The Kier molecular flexibility index (Phi) is 5.83. The van der Waals surface area contributed by atoms with Crippen LogP contribution in [-0.4, -0.2) is 34.8 Å². The Hall–Kier alpha value is -0.560. The molecular formula is C17H20Cl3NO4. The van der Waals surface area contributed by atoms with E-state index in [2.05, 4.69) is 6.92 Å². The lowest BCUT2D eigenvalue weighted by Crippen LogP contribution is -2.56. The number of hydrogen-bond donors (Lipinski definition) is 1. The zero-order valence-corrected chi connectivity index (χ0v) is 16.1. The Balaban J connectivity index is 1.68. The number of rotatable bonds is 2. The van der Waals surface area contributed by atoms with Crippen LogP contribution >= 0.6 is 34.8 Å². The van der Waals surface area contributed by atoms with Crippen LogP contribution in [0, 0.1) is 17.2 Å². The maximum Gasteiger partial charge on any atom is 0.265 e. The molecule has 0 aliphatic carbocycles. The van der Waals surface area contributed by atoms with E-state index in [0.29, 0.717) is 6.61 Å². The van der Waals surface area contributed by atoms with Crippen molar-refractivity contribution in [1.82, 2.24) is 0 Å². The van der Waals surface area contributed by atoms with E-state index in [9.17, 15) is 0 Å². The van der Waals surface area contributed by atoms with Crippen molar-refractivity contribution in [3.05, 3.63) is 35.9 Å². The number of halogens is 3. The van der Waals surface area contributed by atoms with E-state index < -0.39 is 22.3 Å². The van der Waals surface area contributed by atoms with Crippen LogP contribution < -0.4 is 0 Å². The lowest BCUT2D eigenvalue weighted by atomic mass is 9.84. The van der Waals surface area contributed by atoms with Gasteiger partial charge in [0.05, 0.1) is 12.7 Å². The highest BCUT2D eigenvalue weighted by molar-refractivity contribution is 6.76. The smallest absolute Gasteiger partial charge is 0.265 e. The third-order valence-corrected chi connectivity index (χ3v) is 5.22. The van der Waals surface area contributed by atoms with E-state index in [1.54, 1.807) is 0 Å². The van der Waals surface area contributed by atoms with Gasteiger partial charge in [0, 0.05) is 11.5 Å². The summed E-state index contributed by atoms with van der Waals surface area (Å²) in [5.74, 6) is -0.398. The van der Waals surface area contributed by atoms with E-state index in [4.69, 9.17) is 59.2 Å². The fourth-order valence-electron chi connectivity index (χ4n) is 3.07. The fourth-order valence-corrected chi connectivity index (χ4v) is 3.21. The molecule has 0 saturated carbocycles. The van der Waals surface area contributed by atoms with E-state index >= 15 is 0 Å². The Bertz CT molecular complexity index is 608. The molecule has 2 aliphatic heterocycles. The summed E-state index contributed by atoms with van der Waals surface area (Å²) in [6, 6.07) is 9.78. The van der Waals surface area contributed by atoms with E-state index in [1.807, 2.05) is 37.3 Å². The first kappa shape index (κ1) is 19.2. The molecule has 0 aromatic heterocycles. The number of alkyl halides is 3. The number of fused-ring (bicyclic) bond motifs is 1. The van der Waals surface area contributed by atoms with Gasteiger partial charge in [-0.05, 0) is 5.92 Å². The summed E-state index contributed by atoms with van der Waals surface area (Å²) >= 11 is 17.1. The van der Waals surface area contributed by atoms with Crippen LogP contribution in [0.15, 0.2) is 30.3 Å². The molecule has 3 rings (SSSR count). The zero-order chi connectivity index (χ0) is 18.2. The summed E-state index contributed by atoms with van der Waals surface area (Å²) in [6.45, 7) is 4.39. The maximum absolute atomic E-state index is 7.75. The van der Waals surface area contributed by atoms with Crippen molar-refractivity contribution in [2.24, 2.45) is 11.8 Å². The van der Waals surface area contributed by atoms with Crippen LogP contribution in [0.4, 0.5) is 0 Å². The van der Waals surface area contributed by atoms with Crippen molar-refractivity contribution in [2.45, 2.75) is 42.4 Å². The molecule has 6 unspecified atom stereocenters.